The van der Waals surface area contributed by atoms with Crippen molar-refractivity contribution in [3.63, 3.8) is 0 Å². The third-order valence-electron chi connectivity index (χ3n) is 7.09. The van der Waals surface area contributed by atoms with Crippen LogP contribution >= 0.6 is 23.2 Å². The van der Waals surface area contributed by atoms with Crippen LogP contribution in [0.5, 0.6) is 0 Å². The number of hydrogen-bond acceptors (Lipinski definition) is 1. The monoisotopic (exact) mass is 534 g/mol. The van der Waals surface area contributed by atoms with Gasteiger partial charge in [-0.25, -0.2) is 0 Å². The first-order chi connectivity index (χ1) is 18.5. The van der Waals surface area contributed by atoms with Crippen molar-refractivity contribution in [1.29, 1.82) is 0 Å². The van der Waals surface area contributed by atoms with E-state index >= 15 is 0 Å². The van der Waals surface area contributed by atoms with E-state index in [4.69, 9.17) is 28.9 Å². The molecule has 0 saturated heterocycles. The van der Waals surface area contributed by atoms with Crippen LogP contribution in [0.2, 0.25) is 10.0 Å². The van der Waals surface area contributed by atoms with Crippen LogP contribution in [0.15, 0.2) is 109 Å². The molecule has 1 aromatic heterocycles. The van der Waals surface area contributed by atoms with Crippen molar-refractivity contribution >= 4 is 50.9 Å². The topological polar surface area (TPSA) is 48.0 Å². The van der Waals surface area contributed by atoms with Gasteiger partial charge < -0.3 is 10.3 Å². The van der Waals surface area contributed by atoms with E-state index in [9.17, 15) is 4.79 Å². The van der Waals surface area contributed by atoms with Gasteiger partial charge in [-0.3, -0.25) is 4.79 Å². The second-order valence-corrected chi connectivity index (χ2v) is 10.2. The minimum absolute atomic E-state index is 0.447. The number of amides is 1. The molecule has 0 aliphatic rings. The predicted octanol–water partition coefficient (Wildman–Crippen LogP) is 8.51. The highest BCUT2D eigenvalue weighted by Gasteiger charge is 2.19. The quantitative estimate of drug-likeness (QED) is 0.228. The Labute approximate surface area is 231 Å². The summed E-state index contributed by atoms with van der Waals surface area (Å²) < 4.78 is 2.26. The third-order valence-corrected chi connectivity index (χ3v) is 7.72. The molecule has 0 unspecified atom stereocenters. The van der Waals surface area contributed by atoms with Gasteiger partial charge in [0.25, 0.3) is 0 Å². The zero-order valence-corrected chi connectivity index (χ0v) is 22.0. The number of aromatic nitrogens is 1. The smallest absolute Gasteiger partial charge is 0.249 e. The zero-order chi connectivity index (χ0) is 26.2. The van der Waals surface area contributed by atoms with Crippen LogP contribution in [-0.2, 0) is 13.0 Å². The molecular weight excluding hydrogens is 511 g/mol. The lowest BCUT2D eigenvalue weighted by atomic mass is 9.99. The lowest BCUT2D eigenvalue weighted by Crippen LogP contribution is -2.11. The maximum atomic E-state index is 12.4. The van der Waals surface area contributed by atoms with Gasteiger partial charge in [0.1, 0.15) is 0 Å². The molecule has 0 bridgehead atoms. The van der Waals surface area contributed by atoms with Gasteiger partial charge in [0.2, 0.25) is 5.91 Å². The van der Waals surface area contributed by atoms with E-state index in [0.717, 1.165) is 39.4 Å². The molecule has 1 amide bonds. The Bertz CT molecular complexity index is 1800. The number of halogens is 2. The Hall–Kier alpha value is -4.05. The Balaban J connectivity index is 1.58. The minimum Gasteiger partial charge on any atom is -0.366 e. The molecule has 0 radical (unpaired) electrons. The average molecular weight is 535 g/mol. The predicted molar refractivity (Wildman–Crippen MR) is 158 cm³/mol. The van der Waals surface area contributed by atoms with Crippen LogP contribution in [0, 0.1) is 0 Å². The third kappa shape index (κ3) is 4.34. The van der Waals surface area contributed by atoms with Crippen molar-refractivity contribution in [1.82, 2.24) is 4.57 Å². The van der Waals surface area contributed by atoms with E-state index in [2.05, 4.69) is 59.2 Å². The molecule has 2 N–H and O–H groups in total. The molecule has 6 aromatic rings. The molecule has 5 aromatic carbocycles. The average Bonchev–Trinajstić information content (AvgIpc) is 3.23. The second-order valence-electron chi connectivity index (χ2n) is 9.41. The highest BCUT2D eigenvalue weighted by atomic mass is 35.5. The SMILES string of the molecule is NC(=O)c1cccc2c1c1ccc(-c3c(Cl)cccc3Cl)cc1n2Cc1ccccc1Cc1ccccc1. The fraction of sp³-hybridized carbons (Fsp3) is 0.0606. The number of nitrogens with zero attached hydrogens (tertiary/aromatic N) is 1. The highest BCUT2D eigenvalue weighted by molar-refractivity contribution is 6.39. The lowest BCUT2D eigenvalue weighted by Gasteiger charge is -2.14. The standard InChI is InChI=1S/C33H24Cl2N2O/c34-27-13-7-14-28(35)31(27)23-16-17-25-30(19-23)37(29-15-6-12-26(32(25)29)33(36)38)20-24-11-5-4-10-22(24)18-21-8-2-1-3-9-21/h1-17,19H,18,20H2,(H2,36,38). The van der Waals surface area contributed by atoms with E-state index in [-0.39, 0.29) is 0 Å². The minimum atomic E-state index is -0.447. The summed E-state index contributed by atoms with van der Waals surface area (Å²) in [7, 11) is 0. The molecule has 6 rings (SSSR count). The molecule has 1 heterocycles. The van der Waals surface area contributed by atoms with Crippen LogP contribution < -0.4 is 5.73 Å². The number of rotatable bonds is 6. The number of carbonyl (C=O) groups excluding carboxylic acids is 1. The molecule has 186 valence electrons. The number of carbonyl (C=O) groups is 1. The summed E-state index contributed by atoms with van der Waals surface area (Å²) in [4.78, 5) is 12.4. The number of nitrogens with two attached hydrogens (primary N) is 1. The number of fused-ring (bicyclic) bond motifs is 3. The van der Waals surface area contributed by atoms with Gasteiger partial charge in [-0.2, -0.15) is 0 Å². The first kappa shape index (κ1) is 24.3. The lowest BCUT2D eigenvalue weighted by molar-refractivity contribution is 0.100. The van der Waals surface area contributed by atoms with Gasteiger partial charge in [0.15, 0.2) is 0 Å². The summed E-state index contributed by atoms with van der Waals surface area (Å²) in [6, 6.07) is 36.3. The fourth-order valence-electron chi connectivity index (χ4n) is 5.32. The first-order valence-corrected chi connectivity index (χ1v) is 13.2. The van der Waals surface area contributed by atoms with Gasteiger partial charge in [-0.1, -0.05) is 102 Å². The maximum absolute atomic E-state index is 12.4. The molecule has 0 aliphatic heterocycles. The van der Waals surface area contributed by atoms with Crippen molar-refractivity contribution in [3.8, 4) is 11.1 Å². The molecule has 38 heavy (non-hydrogen) atoms. The zero-order valence-electron chi connectivity index (χ0n) is 20.5. The summed E-state index contributed by atoms with van der Waals surface area (Å²) in [5.41, 5.74) is 13.7. The van der Waals surface area contributed by atoms with E-state index in [0.29, 0.717) is 22.2 Å². The summed E-state index contributed by atoms with van der Waals surface area (Å²) in [5.74, 6) is -0.447. The van der Waals surface area contributed by atoms with Crippen LogP contribution in [-0.4, -0.2) is 10.5 Å². The first-order valence-electron chi connectivity index (χ1n) is 12.4. The van der Waals surface area contributed by atoms with Gasteiger partial charge in [-0.15, -0.1) is 0 Å². The Morgan fingerprint density at radius 1 is 0.711 bits per heavy atom. The molecular formula is C33H24Cl2N2O. The summed E-state index contributed by atoms with van der Waals surface area (Å²) in [6.07, 6.45) is 0.834. The summed E-state index contributed by atoms with van der Waals surface area (Å²) >= 11 is 13.2. The number of benzene rings is 5. The summed E-state index contributed by atoms with van der Waals surface area (Å²) in [5, 5.41) is 2.99. The van der Waals surface area contributed by atoms with Crippen LogP contribution in [0.1, 0.15) is 27.0 Å². The molecule has 0 atom stereocenters. The Morgan fingerprint density at radius 3 is 2.13 bits per heavy atom. The maximum Gasteiger partial charge on any atom is 0.249 e. The van der Waals surface area contributed by atoms with Crippen LogP contribution in [0.25, 0.3) is 32.9 Å². The number of hydrogen-bond donors (Lipinski definition) is 1. The van der Waals surface area contributed by atoms with Crippen molar-refractivity contribution in [3.05, 3.63) is 141 Å². The summed E-state index contributed by atoms with van der Waals surface area (Å²) in [6.45, 7) is 0.630. The Kier molecular flexibility index (Phi) is 6.40. The van der Waals surface area contributed by atoms with E-state index in [1.807, 2.05) is 48.5 Å². The van der Waals surface area contributed by atoms with E-state index < -0.39 is 5.91 Å². The molecule has 3 nitrogen and oxygen atoms in total. The largest absolute Gasteiger partial charge is 0.366 e. The van der Waals surface area contributed by atoms with Crippen LogP contribution in [0.3, 0.4) is 0 Å². The highest BCUT2D eigenvalue weighted by Crippen LogP contribution is 2.39. The molecule has 0 spiro atoms. The van der Waals surface area contributed by atoms with Crippen LogP contribution in [0.4, 0.5) is 0 Å². The molecule has 0 aliphatic carbocycles. The van der Waals surface area contributed by atoms with Crippen molar-refractivity contribution in [2.75, 3.05) is 0 Å². The normalized spacial score (nSPS) is 11.3. The van der Waals surface area contributed by atoms with E-state index in [1.165, 1.54) is 16.7 Å². The van der Waals surface area contributed by atoms with Gasteiger partial charge >= 0.3 is 0 Å². The van der Waals surface area contributed by atoms with Crippen molar-refractivity contribution in [2.45, 2.75) is 13.0 Å². The second kappa shape index (κ2) is 10.0. The molecule has 0 saturated carbocycles. The Morgan fingerprint density at radius 2 is 1.39 bits per heavy atom. The van der Waals surface area contributed by atoms with Gasteiger partial charge in [0.05, 0.1) is 11.0 Å². The van der Waals surface area contributed by atoms with Crippen molar-refractivity contribution in [2.24, 2.45) is 5.73 Å². The molecule has 5 heteroatoms. The van der Waals surface area contributed by atoms with Gasteiger partial charge in [-0.05, 0) is 59.0 Å². The fourth-order valence-corrected chi connectivity index (χ4v) is 5.94. The van der Waals surface area contributed by atoms with Gasteiger partial charge in [0, 0.05) is 38.5 Å². The molecule has 0 fully saturated rings. The number of primary amides is 1. The van der Waals surface area contributed by atoms with E-state index in [1.54, 1.807) is 6.07 Å². The van der Waals surface area contributed by atoms with Crippen molar-refractivity contribution < 1.29 is 4.79 Å².